The second-order valence-corrected chi connectivity index (χ2v) is 3.69. The van der Waals surface area contributed by atoms with Gasteiger partial charge in [-0.25, -0.2) is 4.39 Å². The Labute approximate surface area is 103 Å². The molecule has 94 valence electrons. The van der Waals surface area contributed by atoms with E-state index in [0.29, 0.717) is 23.8 Å². The predicted molar refractivity (Wildman–Crippen MR) is 62.4 cm³/mol. The lowest BCUT2D eigenvalue weighted by atomic mass is 10.1. The minimum absolute atomic E-state index is 0.000756. The van der Waals surface area contributed by atoms with Gasteiger partial charge in [0.05, 0.1) is 5.56 Å². The number of nitrogens with one attached hydrogen (secondary N) is 1. The lowest BCUT2D eigenvalue weighted by Gasteiger charge is -2.04. The van der Waals surface area contributed by atoms with Gasteiger partial charge in [0.1, 0.15) is 5.82 Å². The first kappa shape index (κ1) is 12.2. The Morgan fingerprint density at radius 3 is 2.83 bits per heavy atom. The van der Waals surface area contributed by atoms with Crippen LogP contribution in [0.2, 0.25) is 0 Å². The molecule has 0 bridgehead atoms. The van der Waals surface area contributed by atoms with E-state index in [9.17, 15) is 9.18 Å². The Balaban J connectivity index is 2.33. The van der Waals surface area contributed by atoms with E-state index in [4.69, 9.17) is 4.52 Å². The molecule has 0 aliphatic carbocycles. The van der Waals surface area contributed by atoms with Crippen LogP contribution in [-0.4, -0.2) is 22.6 Å². The topological polar surface area (TPSA) is 68.0 Å². The van der Waals surface area contributed by atoms with Crippen LogP contribution in [0, 0.1) is 12.7 Å². The van der Waals surface area contributed by atoms with Crippen molar-refractivity contribution in [3.05, 3.63) is 35.5 Å². The fourth-order valence-electron chi connectivity index (χ4n) is 1.51. The zero-order chi connectivity index (χ0) is 13.1. The van der Waals surface area contributed by atoms with Crippen LogP contribution in [0.4, 0.5) is 4.39 Å². The largest absolute Gasteiger partial charge is 0.352 e. The van der Waals surface area contributed by atoms with Crippen LogP contribution >= 0.6 is 0 Å². The van der Waals surface area contributed by atoms with E-state index in [1.165, 1.54) is 12.1 Å². The van der Waals surface area contributed by atoms with Crippen molar-refractivity contribution in [2.45, 2.75) is 13.8 Å². The van der Waals surface area contributed by atoms with Crippen molar-refractivity contribution < 1.29 is 13.7 Å². The van der Waals surface area contributed by atoms with E-state index < -0.39 is 11.7 Å². The van der Waals surface area contributed by atoms with Gasteiger partial charge >= 0.3 is 0 Å². The third kappa shape index (κ3) is 2.37. The minimum atomic E-state index is -0.610. The van der Waals surface area contributed by atoms with E-state index >= 15 is 0 Å². The molecule has 0 saturated heterocycles. The molecule has 6 heteroatoms. The summed E-state index contributed by atoms with van der Waals surface area (Å²) in [7, 11) is 0. The average Bonchev–Trinajstić information content (AvgIpc) is 2.76. The number of rotatable bonds is 3. The first-order valence-corrected chi connectivity index (χ1v) is 5.50. The van der Waals surface area contributed by atoms with Gasteiger partial charge in [-0.2, -0.15) is 4.98 Å². The molecule has 1 N–H and O–H groups in total. The van der Waals surface area contributed by atoms with E-state index in [1.54, 1.807) is 19.9 Å². The standard InChI is InChI=1S/C12H12FN3O2/c1-3-14-12(17)9-5-4-8(6-10(9)13)11-15-7(2)18-16-11/h4-6H,3H2,1-2H3,(H,14,17). The van der Waals surface area contributed by atoms with Crippen molar-refractivity contribution in [3.8, 4) is 11.4 Å². The molecule has 1 amide bonds. The molecule has 5 nitrogen and oxygen atoms in total. The fourth-order valence-corrected chi connectivity index (χ4v) is 1.51. The first-order valence-electron chi connectivity index (χ1n) is 5.50. The summed E-state index contributed by atoms with van der Waals surface area (Å²) >= 11 is 0. The predicted octanol–water partition coefficient (Wildman–Crippen LogP) is 1.93. The third-order valence-corrected chi connectivity index (χ3v) is 2.34. The molecular formula is C12H12FN3O2. The molecule has 0 radical (unpaired) electrons. The SMILES string of the molecule is CCNC(=O)c1ccc(-c2noc(C)n2)cc1F. The van der Waals surface area contributed by atoms with Crippen LogP contribution in [0.5, 0.6) is 0 Å². The molecule has 0 unspecified atom stereocenters. The number of amides is 1. The van der Waals surface area contributed by atoms with Gasteiger partial charge in [-0.1, -0.05) is 11.2 Å². The second kappa shape index (κ2) is 4.95. The third-order valence-electron chi connectivity index (χ3n) is 2.34. The molecule has 0 fully saturated rings. The Bertz CT molecular complexity index is 580. The van der Waals surface area contributed by atoms with Crippen LogP contribution in [0.3, 0.4) is 0 Å². The summed E-state index contributed by atoms with van der Waals surface area (Å²) in [6.45, 7) is 3.87. The number of nitrogens with zero attached hydrogens (tertiary/aromatic N) is 2. The maximum Gasteiger partial charge on any atom is 0.254 e. The number of aryl methyl sites for hydroxylation is 1. The Kier molecular flexibility index (Phi) is 3.36. The van der Waals surface area contributed by atoms with Crippen LogP contribution in [-0.2, 0) is 0 Å². The van der Waals surface area contributed by atoms with Crippen LogP contribution < -0.4 is 5.32 Å². The molecule has 1 aromatic carbocycles. The van der Waals surface area contributed by atoms with Gasteiger partial charge < -0.3 is 9.84 Å². The number of hydrogen-bond donors (Lipinski definition) is 1. The summed E-state index contributed by atoms with van der Waals surface area (Å²) in [4.78, 5) is 15.5. The van der Waals surface area contributed by atoms with Gasteiger partial charge in [-0.15, -0.1) is 0 Å². The molecular weight excluding hydrogens is 237 g/mol. The van der Waals surface area contributed by atoms with Crippen molar-refractivity contribution in [1.82, 2.24) is 15.5 Å². The summed E-state index contributed by atoms with van der Waals surface area (Å²) in [5.41, 5.74) is 0.471. The molecule has 2 aromatic rings. The molecule has 18 heavy (non-hydrogen) atoms. The number of halogens is 1. The summed E-state index contributed by atoms with van der Waals surface area (Å²) in [5, 5.41) is 6.22. The van der Waals surface area contributed by atoms with E-state index in [-0.39, 0.29) is 5.56 Å². The molecule has 0 atom stereocenters. The van der Waals surface area contributed by atoms with Gasteiger partial charge in [-0.3, -0.25) is 4.79 Å². The van der Waals surface area contributed by atoms with Gasteiger partial charge in [0.2, 0.25) is 11.7 Å². The molecule has 0 spiro atoms. The van der Waals surface area contributed by atoms with Gasteiger partial charge in [0.25, 0.3) is 5.91 Å². The Hall–Kier alpha value is -2.24. The highest BCUT2D eigenvalue weighted by atomic mass is 19.1. The van der Waals surface area contributed by atoms with Crippen molar-refractivity contribution in [3.63, 3.8) is 0 Å². The molecule has 1 heterocycles. The molecule has 0 saturated carbocycles. The van der Waals surface area contributed by atoms with Crippen molar-refractivity contribution in [2.24, 2.45) is 0 Å². The highest BCUT2D eigenvalue weighted by Crippen LogP contribution is 2.19. The summed E-state index contributed by atoms with van der Waals surface area (Å²) < 4.78 is 18.6. The molecule has 0 aliphatic rings. The van der Waals surface area contributed by atoms with Gasteiger partial charge in [0.15, 0.2) is 0 Å². The van der Waals surface area contributed by atoms with Crippen LogP contribution in [0.1, 0.15) is 23.2 Å². The van der Waals surface area contributed by atoms with Crippen molar-refractivity contribution in [1.29, 1.82) is 0 Å². The quantitative estimate of drug-likeness (QED) is 0.902. The zero-order valence-corrected chi connectivity index (χ0v) is 10.0. The van der Waals surface area contributed by atoms with Crippen molar-refractivity contribution >= 4 is 5.91 Å². The Morgan fingerprint density at radius 1 is 1.50 bits per heavy atom. The highest BCUT2D eigenvalue weighted by Gasteiger charge is 2.13. The minimum Gasteiger partial charge on any atom is -0.352 e. The summed E-state index contributed by atoms with van der Waals surface area (Å²) in [5.74, 6) is -0.348. The first-order chi connectivity index (χ1) is 8.61. The Morgan fingerprint density at radius 2 is 2.28 bits per heavy atom. The van der Waals surface area contributed by atoms with Crippen LogP contribution in [0.15, 0.2) is 22.7 Å². The fraction of sp³-hybridized carbons (Fsp3) is 0.250. The monoisotopic (exact) mass is 249 g/mol. The normalized spacial score (nSPS) is 10.4. The summed E-state index contributed by atoms with van der Waals surface area (Å²) in [6.07, 6.45) is 0. The van der Waals surface area contributed by atoms with Gasteiger partial charge in [-0.05, 0) is 19.1 Å². The van der Waals surface area contributed by atoms with E-state index in [0.717, 1.165) is 0 Å². The smallest absolute Gasteiger partial charge is 0.254 e. The van der Waals surface area contributed by atoms with E-state index in [2.05, 4.69) is 15.5 Å². The van der Waals surface area contributed by atoms with Gasteiger partial charge in [0, 0.05) is 19.0 Å². The molecule has 1 aromatic heterocycles. The number of carbonyl (C=O) groups is 1. The van der Waals surface area contributed by atoms with E-state index in [1.807, 2.05) is 0 Å². The second-order valence-electron chi connectivity index (χ2n) is 3.69. The number of hydrogen-bond acceptors (Lipinski definition) is 4. The zero-order valence-electron chi connectivity index (χ0n) is 10.0. The van der Waals surface area contributed by atoms with Crippen LogP contribution in [0.25, 0.3) is 11.4 Å². The lowest BCUT2D eigenvalue weighted by molar-refractivity contribution is 0.0952. The highest BCUT2D eigenvalue weighted by molar-refractivity contribution is 5.94. The average molecular weight is 249 g/mol. The summed E-state index contributed by atoms with van der Waals surface area (Å²) in [6, 6.07) is 4.20. The maximum atomic E-state index is 13.8. The number of aromatic nitrogens is 2. The van der Waals surface area contributed by atoms with Crippen molar-refractivity contribution in [2.75, 3.05) is 6.54 Å². The number of benzene rings is 1. The molecule has 2 rings (SSSR count). The molecule has 0 aliphatic heterocycles. The number of carbonyl (C=O) groups excluding carboxylic acids is 1. The lowest BCUT2D eigenvalue weighted by Crippen LogP contribution is -2.23. The maximum absolute atomic E-state index is 13.8.